The zero-order valence-corrected chi connectivity index (χ0v) is 33.4. The lowest BCUT2D eigenvalue weighted by molar-refractivity contribution is -0.254. The zero-order chi connectivity index (χ0) is 40.2. The Morgan fingerprint density at radius 1 is 0.632 bits per heavy atom. The number of carbonyl (C=O) groups is 1. The number of anilines is 2. The quantitative estimate of drug-likeness (QED) is 0.0568. The largest absolute Gasteiger partial charge is 0.545 e. The maximum atomic E-state index is 13.1. The van der Waals surface area contributed by atoms with Crippen molar-refractivity contribution in [1.82, 2.24) is 4.58 Å². The van der Waals surface area contributed by atoms with Crippen molar-refractivity contribution >= 4 is 39.3 Å². The number of hydrogen-bond acceptors (Lipinski definition) is 7. The summed E-state index contributed by atoms with van der Waals surface area (Å²) in [5.41, 5.74) is 7.53. The molecule has 1 aliphatic heterocycles. The molecule has 8 heteroatoms. The molecular weight excluding hydrogens is 711 g/mol. The summed E-state index contributed by atoms with van der Waals surface area (Å²) in [5, 5.41) is 15.4. The first kappa shape index (κ1) is 38.7. The van der Waals surface area contributed by atoms with Crippen molar-refractivity contribution in [2.45, 2.75) is 41.5 Å². The fourth-order valence-electron chi connectivity index (χ4n) is 7.70. The summed E-state index contributed by atoms with van der Waals surface area (Å²) in [6.45, 7) is 17.7. The molecule has 1 aliphatic carbocycles. The molecule has 0 N–H and O–H groups in total. The van der Waals surface area contributed by atoms with Crippen molar-refractivity contribution in [3.8, 4) is 45.4 Å². The highest BCUT2D eigenvalue weighted by Crippen LogP contribution is 2.42. The van der Waals surface area contributed by atoms with Crippen LogP contribution in [0, 0.1) is 11.8 Å². The summed E-state index contributed by atoms with van der Waals surface area (Å²) < 4.78 is 14.7. The Kier molecular flexibility index (Phi) is 11.3. The summed E-state index contributed by atoms with van der Waals surface area (Å²) in [6.07, 6.45) is 0. The van der Waals surface area contributed by atoms with E-state index >= 15 is 0 Å². The monoisotopic (exact) mass is 757 g/mol. The van der Waals surface area contributed by atoms with Gasteiger partial charge in [0.2, 0.25) is 5.36 Å². The number of fused-ring (bicyclic) bond motifs is 3. The molecule has 0 spiro atoms. The van der Waals surface area contributed by atoms with E-state index in [2.05, 4.69) is 79.9 Å². The Morgan fingerprint density at radius 2 is 1.26 bits per heavy atom. The average Bonchev–Trinajstić information content (AvgIpc) is 3.23. The van der Waals surface area contributed by atoms with Crippen LogP contribution in [0.3, 0.4) is 0 Å². The molecule has 0 radical (unpaired) electrons. The van der Waals surface area contributed by atoms with Gasteiger partial charge < -0.3 is 28.5 Å². The van der Waals surface area contributed by atoms with Crippen LogP contribution < -0.4 is 30.5 Å². The highest BCUT2D eigenvalue weighted by atomic mass is 16.4. The van der Waals surface area contributed by atoms with Crippen LogP contribution in [0.15, 0.2) is 117 Å². The second kappa shape index (κ2) is 16.6. The first-order valence-corrected chi connectivity index (χ1v) is 19.8. The Balaban J connectivity index is 1.30. The summed E-state index contributed by atoms with van der Waals surface area (Å²) >= 11 is 0. The Labute approximate surface area is 333 Å². The smallest absolute Gasteiger partial charge is 0.344 e. The van der Waals surface area contributed by atoms with Gasteiger partial charge in [-0.3, -0.25) is 0 Å². The van der Waals surface area contributed by atoms with Crippen LogP contribution in [0.4, 0.5) is 11.4 Å². The number of nitrogens with zero attached hydrogens (tertiary/aromatic N) is 3. The predicted octanol–water partition coefficient (Wildman–Crippen LogP) is 8.25. The standard InChI is InChI=1S/C49H47N3O5/c1-7-50(8-2)36-21-20-35-28-42(49(55)57-44(35)29-36)34-18-15-32(16-19-34)13-14-33-17-24-39(48(53)54)43(27-33)47-40-25-22-37(51(9-3)10-4)30-45(40)56-46-31-38(23-26-41(46)47)52(11-5)12-6/h15-31H,7-12H2,1-6H3. The predicted molar refractivity (Wildman–Crippen MR) is 230 cm³/mol. The van der Waals surface area contributed by atoms with E-state index in [1.54, 1.807) is 12.1 Å². The Bertz CT molecular complexity index is 2770. The number of carboxylic acids is 1. The highest BCUT2D eigenvalue weighted by Gasteiger charge is 2.22. The molecule has 0 amide bonds. The summed E-state index contributed by atoms with van der Waals surface area (Å²) in [6, 6.07) is 32.6. The van der Waals surface area contributed by atoms with Crippen LogP contribution in [-0.4, -0.2) is 45.2 Å². The lowest BCUT2D eigenvalue weighted by Crippen LogP contribution is -2.29. The fraction of sp³-hybridized carbons (Fsp3) is 0.245. The van der Waals surface area contributed by atoms with Crippen molar-refractivity contribution in [2.75, 3.05) is 49.1 Å². The SMILES string of the molecule is CCN(CC)c1ccc2cc(-c3ccc(C#Cc4ccc(C(=O)[O-])c(-c5c6ccc(=[N+](CC)CC)cc-6oc6cc(N(CC)CC)ccc56)c4)cc3)c(=O)oc2c1. The second-order valence-corrected chi connectivity index (χ2v) is 13.9. The highest BCUT2D eigenvalue weighted by molar-refractivity contribution is 6.07. The number of rotatable bonds is 11. The number of aromatic carboxylic acids is 1. The van der Waals surface area contributed by atoms with Gasteiger partial charge in [-0.15, -0.1) is 0 Å². The Morgan fingerprint density at radius 3 is 1.91 bits per heavy atom. The molecule has 2 heterocycles. The number of hydrogen-bond donors (Lipinski definition) is 0. The van der Waals surface area contributed by atoms with Crippen LogP contribution in [0.2, 0.25) is 0 Å². The van der Waals surface area contributed by atoms with E-state index in [0.29, 0.717) is 33.6 Å². The maximum absolute atomic E-state index is 13.1. The lowest BCUT2D eigenvalue weighted by Gasteiger charge is -2.23. The lowest BCUT2D eigenvalue weighted by atomic mass is 9.89. The molecule has 5 aromatic rings. The summed E-state index contributed by atoms with van der Waals surface area (Å²) in [7, 11) is 0. The third kappa shape index (κ3) is 7.66. The average molecular weight is 758 g/mol. The van der Waals surface area contributed by atoms with E-state index in [4.69, 9.17) is 8.83 Å². The molecule has 57 heavy (non-hydrogen) atoms. The van der Waals surface area contributed by atoms with Gasteiger partial charge in [-0.05, 0) is 113 Å². The van der Waals surface area contributed by atoms with E-state index in [-0.39, 0.29) is 5.56 Å². The number of carbonyl (C=O) groups excluding carboxylic acids is 1. The van der Waals surface area contributed by atoms with Gasteiger partial charge in [0, 0.05) is 94.3 Å². The molecule has 0 atom stereocenters. The van der Waals surface area contributed by atoms with Crippen LogP contribution in [0.1, 0.15) is 63.0 Å². The van der Waals surface area contributed by atoms with Crippen molar-refractivity contribution in [3.63, 3.8) is 0 Å². The van der Waals surface area contributed by atoms with E-state index in [1.807, 2.05) is 78.9 Å². The maximum Gasteiger partial charge on any atom is 0.344 e. The van der Waals surface area contributed by atoms with Gasteiger partial charge in [0.25, 0.3) is 0 Å². The molecule has 8 nitrogen and oxygen atoms in total. The van der Waals surface area contributed by atoms with Crippen molar-refractivity contribution < 1.29 is 18.7 Å². The van der Waals surface area contributed by atoms with Gasteiger partial charge in [0.15, 0.2) is 0 Å². The van der Waals surface area contributed by atoms with Gasteiger partial charge in [-0.2, -0.15) is 0 Å². The van der Waals surface area contributed by atoms with Crippen LogP contribution in [0.5, 0.6) is 0 Å². The van der Waals surface area contributed by atoms with Crippen LogP contribution in [0.25, 0.3) is 55.5 Å². The Hall–Kier alpha value is -6.59. The van der Waals surface area contributed by atoms with Crippen molar-refractivity contribution in [3.05, 3.63) is 136 Å². The van der Waals surface area contributed by atoms with Crippen molar-refractivity contribution in [1.29, 1.82) is 0 Å². The molecule has 0 unspecified atom stereocenters. The van der Waals surface area contributed by atoms with E-state index in [1.165, 1.54) is 0 Å². The van der Waals surface area contributed by atoms with Crippen LogP contribution >= 0.6 is 0 Å². The molecule has 0 saturated heterocycles. The van der Waals surface area contributed by atoms with Crippen molar-refractivity contribution in [2.24, 2.45) is 0 Å². The normalized spacial score (nSPS) is 11.1. The van der Waals surface area contributed by atoms with E-state index in [9.17, 15) is 14.7 Å². The minimum atomic E-state index is -1.27. The third-order valence-corrected chi connectivity index (χ3v) is 10.9. The molecule has 288 valence electrons. The van der Waals surface area contributed by atoms with Gasteiger partial charge in [-0.1, -0.05) is 30.0 Å². The fourth-order valence-corrected chi connectivity index (χ4v) is 7.70. The first-order valence-electron chi connectivity index (χ1n) is 19.8. The van der Waals surface area contributed by atoms with Gasteiger partial charge in [0.05, 0.1) is 17.6 Å². The number of carboxylic acid groups (broad SMARTS) is 1. The minimum Gasteiger partial charge on any atom is -0.545 e. The van der Waals surface area contributed by atoms with Gasteiger partial charge >= 0.3 is 5.63 Å². The topological polar surface area (TPSA) is 93.0 Å². The summed E-state index contributed by atoms with van der Waals surface area (Å²) in [4.78, 5) is 30.3. The number of benzene rings is 5. The molecule has 4 aromatic carbocycles. The molecule has 0 saturated carbocycles. The molecule has 7 rings (SSSR count). The van der Waals surface area contributed by atoms with E-state index in [0.717, 1.165) is 89.0 Å². The van der Waals surface area contributed by atoms with E-state index < -0.39 is 11.6 Å². The first-order chi connectivity index (χ1) is 27.7. The molecule has 0 bridgehead atoms. The molecular formula is C49H47N3O5. The molecule has 1 aromatic heterocycles. The minimum absolute atomic E-state index is 0.0674. The van der Waals surface area contributed by atoms with Crippen LogP contribution in [-0.2, 0) is 0 Å². The zero-order valence-electron chi connectivity index (χ0n) is 33.4. The molecule has 2 aliphatic rings. The second-order valence-electron chi connectivity index (χ2n) is 13.9. The van der Waals surface area contributed by atoms with Gasteiger partial charge in [0.1, 0.15) is 30.0 Å². The molecule has 0 fully saturated rings. The summed E-state index contributed by atoms with van der Waals surface area (Å²) in [5.74, 6) is 5.86. The van der Waals surface area contributed by atoms with Gasteiger partial charge in [-0.25, -0.2) is 9.37 Å². The third-order valence-electron chi connectivity index (χ3n) is 10.9.